The minimum absolute atomic E-state index is 0. The van der Waals surface area contributed by atoms with Crippen LogP contribution in [0.25, 0.3) is 0 Å². The molecule has 48 heavy (non-hydrogen) atoms. The van der Waals surface area contributed by atoms with E-state index < -0.39 is 78.5 Å². The molecule has 4 rings (SSSR count). The predicted molar refractivity (Wildman–Crippen MR) is 152 cm³/mol. The van der Waals surface area contributed by atoms with Gasteiger partial charge in [0.1, 0.15) is 37.0 Å². The van der Waals surface area contributed by atoms with E-state index in [-0.39, 0.29) is 76.2 Å². The standard InChI is InChI=1S/C24H16N8O12S2.2Na/c33-23-19(28-25-14-3-8-17(9-4-14)45(39,40)41)12-20(24(34)22(23)30-26-13-1-5-15(6-2-13)31(35)36)29-27-18-10-7-16(32(37)38)11-21(18)46(42,43)44;;/h1-12,25-26H,(H,39,40,41)(H,42,43,44);;/q;2*+1/p-2/b28-19+,29-27?,30-22+;;. The minimum atomic E-state index is -5.32. The zero-order valence-electron chi connectivity index (χ0n) is 24.3. The first-order chi connectivity index (χ1) is 21.5. The molecule has 0 spiro atoms. The summed E-state index contributed by atoms with van der Waals surface area (Å²) in [5.74, 6) is 0. The number of nitrogens with one attached hydrogen (secondary N) is 2. The zero-order valence-corrected chi connectivity index (χ0v) is 30.0. The third-order valence-corrected chi connectivity index (χ3v) is 7.40. The molecular formula is C24H14N8Na2O12S2. The number of hydrogen-bond acceptors (Lipinski definition) is 18. The molecule has 2 N–H and O–H groups in total. The molecule has 0 saturated carbocycles. The molecule has 0 unspecified atom stereocenters. The topological polar surface area (TPSA) is 308 Å². The Morgan fingerprint density at radius 2 is 1.10 bits per heavy atom. The third kappa shape index (κ3) is 9.96. The Morgan fingerprint density at radius 3 is 1.62 bits per heavy atom. The van der Waals surface area contributed by atoms with Crippen LogP contribution >= 0.6 is 0 Å². The molecule has 4 aromatic rings. The van der Waals surface area contributed by atoms with Gasteiger partial charge in [-0.3, -0.25) is 40.7 Å². The summed E-state index contributed by atoms with van der Waals surface area (Å²) in [6.07, 6.45) is 0. The summed E-state index contributed by atoms with van der Waals surface area (Å²) in [6, 6.07) is 11.7. The third-order valence-electron chi connectivity index (χ3n) is 5.68. The van der Waals surface area contributed by atoms with Gasteiger partial charge in [0, 0.05) is 30.3 Å². The van der Waals surface area contributed by atoms with Crippen LogP contribution in [0, 0.1) is 20.2 Å². The van der Waals surface area contributed by atoms with E-state index in [0.717, 1.165) is 54.6 Å². The second-order valence-corrected chi connectivity index (χ2v) is 11.4. The fraction of sp³-hybridized carbons (Fsp3) is 0. The number of nitro groups is 2. The van der Waals surface area contributed by atoms with Gasteiger partial charge in [-0.05, 0) is 42.5 Å². The molecule has 24 heteroatoms. The van der Waals surface area contributed by atoms with Gasteiger partial charge in [-0.1, -0.05) is 0 Å². The molecule has 20 nitrogen and oxygen atoms in total. The van der Waals surface area contributed by atoms with E-state index in [4.69, 9.17) is 0 Å². The summed E-state index contributed by atoms with van der Waals surface area (Å²) in [5, 5.41) is 35.3. The van der Waals surface area contributed by atoms with Crippen LogP contribution in [-0.4, -0.2) is 35.8 Å². The molecule has 0 aromatic heterocycles. The Hall–Kier alpha value is -4.10. The van der Waals surface area contributed by atoms with Gasteiger partial charge in [0.05, 0.1) is 31.0 Å². The smallest absolute Gasteiger partial charge is 0.744 e. The monoisotopic (exact) mass is 716 g/mol. The van der Waals surface area contributed by atoms with Crippen molar-refractivity contribution in [2.24, 2.45) is 20.4 Å². The van der Waals surface area contributed by atoms with E-state index in [0.29, 0.717) is 6.07 Å². The van der Waals surface area contributed by atoms with E-state index in [1.54, 1.807) is 0 Å². The Kier molecular flexibility index (Phi) is 13.6. The second-order valence-electron chi connectivity index (χ2n) is 8.71. The van der Waals surface area contributed by atoms with E-state index >= 15 is 0 Å². The summed E-state index contributed by atoms with van der Waals surface area (Å²) in [6.45, 7) is 0. The van der Waals surface area contributed by atoms with Crippen LogP contribution in [0.4, 0.5) is 34.1 Å². The SMILES string of the molecule is O=c1c(N=Nc2ccc([N+](=O)[O-])cc2S(=O)(=O)[O-])c/c(=N\Nc2ccc(S(=O)(=O)[O-])cc2)c(=O)/c1=N\Nc1ccc([N+](=O)[O-])cc1.[Na+].[Na+]. The average molecular weight is 717 g/mol. The van der Waals surface area contributed by atoms with Crippen molar-refractivity contribution in [3.63, 3.8) is 0 Å². The number of azo groups is 1. The number of benzene rings is 4. The number of non-ortho nitro benzene ring substituents is 2. The molecule has 0 bridgehead atoms. The van der Waals surface area contributed by atoms with Crippen molar-refractivity contribution in [3.8, 4) is 0 Å². The van der Waals surface area contributed by atoms with Crippen LogP contribution in [0.1, 0.15) is 0 Å². The molecule has 0 aliphatic rings. The molecule has 0 atom stereocenters. The first-order valence-corrected chi connectivity index (χ1v) is 14.8. The molecule has 4 aromatic carbocycles. The van der Waals surface area contributed by atoms with Crippen molar-refractivity contribution in [2.45, 2.75) is 9.79 Å². The average Bonchev–Trinajstić information content (AvgIpc) is 2.99. The van der Waals surface area contributed by atoms with Crippen LogP contribution in [0.5, 0.6) is 0 Å². The quantitative estimate of drug-likeness (QED) is 0.0512. The van der Waals surface area contributed by atoms with Crippen LogP contribution < -0.4 is 91.5 Å². The van der Waals surface area contributed by atoms with Crippen LogP contribution in [0.3, 0.4) is 0 Å². The van der Waals surface area contributed by atoms with Gasteiger partial charge in [-0.2, -0.15) is 10.2 Å². The van der Waals surface area contributed by atoms with Crippen molar-refractivity contribution < 1.29 is 94.9 Å². The first kappa shape index (κ1) is 40.1. The summed E-state index contributed by atoms with van der Waals surface area (Å²) in [7, 11) is -10.1. The maximum absolute atomic E-state index is 13.2. The van der Waals surface area contributed by atoms with E-state index in [1.807, 2.05) is 0 Å². The molecular weight excluding hydrogens is 702 g/mol. The molecule has 236 valence electrons. The Balaban J connectivity index is 0.00000400. The molecule has 0 amide bonds. The van der Waals surface area contributed by atoms with Crippen LogP contribution in [0.15, 0.2) is 113 Å². The van der Waals surface area contributed by atoms with Crippen molar-refractivity contribution in [3.05, 3.63) is 124 Å². The summed E-state index contributed by atoms with van der Waals surface area (Å²) < 4.78 is 68.6. The van der Waals surface area contributed by atoms with Gasteiger partial charge in [-0.25, -0.2) is 16.8 Å². The maximum atomic E-state index is 13.2. The molecule has 0 saturated heterocycles. The van der Waals surface area contributed by atoms with Gasteiger partial charge >= 0.3 is 59.1 Å². The van der Waals surface area contributed by atoms with E-state index in [2.05, 4.69) is 31.3 Å². The van der Waals surface area contributed by atoms with Crippen molar-refractivity contribution in [1.82, 2.24) is 0 Å². The maximum Gasteiger partial charge on any atom is 1.00 e. The molecule has 0 radical (unpaired) electrons. The van der Waals surface area contributed by atoms with Gasteiger partial charge in [0.2, 0.25) is 10.9 Å². The van der Waals surface area contributed by atoms with Crippen molar-refractivity contribution in [2.75, 3.05) is 10.9 Å². The normalized spacial score (nSPS) is 12.2. The fourth-order valence-electron chi connectivity index (χ4n) is 3.47. The summed E-state index contributed by atoms with van der Waals surface area (Å²) in [5.41, 5.74) is 0.328. The Bertz CT molecular complexity index is 2370. The predicted octanol–water partition coefficient (Wildman–Crippen LogP) is -4.81. The molecule has 0 aliphatic heterocycles. The van der Waals surface area contributed by atoms with Gasteiger partial charge in [0.25, 0.3) is 11.4 Å². The zero-order chi connectivity index (χ0) is 33.8. The second kappa shape index (κ2) is 16.3. The number of nitro benzene ring substituents is 2. The summed E-state index contributed by atoms with van der Waals surface area (Å²) >= 11 is 0. The number of rotatable bonds is 10. The fourth-order valence-corrected chi connectivity index (χ4v) is 4.57. The Morgan fingerprint density at radius 1 is 0.604 bits per heavy atom. The number of anilines is 2. The first-order valence-electron chi connectivity index (χ1n) is 12.0. The summed E-state index contributed by atoms with van der Waals surface area (Å²) in [4.78, 5) is 44.9. The molecule has 0 fully saturated rings. The molecule has 0 heterocycles. The van der Waals surface area contributed by atoms with Crippen molar-refractivity contribution in [1.29, 1.82) is 0 Å². The largest absolute Gasteiger partial charge is 1.00 e. The number of hydrogen-bond donors (Lipinski definition) is 2. The van der Waals surface area contributed by atoms with Crippen LogP contribution in [0.2, 0.25) is 0 Å². The van der Waals surface area contributed by atoms with Crippen molar-refractivity contribution >= 4 is 54.4 Å². The minimum Gasteiger partial charge on any atom is -0.744 e. The number of nitrogens with zero attached hydrogens (tertiary/aromatic N) is 6. The molecule has 0 aliphatic carbocycles. The van der Waals surface area contributed by atoms with Gasteiger partial charge < -0.3 is 9.11 Å². The van der Waals surface area contributed by atoms with E-state index in [1.165, 1.54) is 12.1 Å². The van der Waals surface area contributed by atoms with E-state index in [9.17, 15) is 55.8 Å². The Labute approximate surface area is 312 Å². The van der Waals surface area contributed by atoms with Gasteiger partial charge in [-0.15, -0.1) is 10.2 Å². The van der Waals surface area contributed by atoms with Gasteiger partial charge in [0.15, 0.2) is 5.36 Å². The van der Waals surface area contributed by atoms with Crippen LogP contribution in [-0.2, 0) is 20.2 Å².